The molecule has 9 heteroatoms. The number of hydrogen-bond acceptors (Lipinski definition) is 5. The normalized spacial score (nSPS) is 18.0. The molecule has 0 spiro atoms. The summed E-state index contributed by atoms with van der Waals surface area (Å²) in [5, 5.41) is 4.11. The molecule has 1 saturated heterocycles. The van der Waals surface area contributed by atoms with Gasteiger partial charge in [0.05, 0.1) is 6.54 Å². The van der Waals surface area contributed by atoms with Gasteiger partial charge in [0.2, 0.25) is 11.8 Å². The van der Waals surface area contributed by atoms with E-state index in [-0.39, 0.29) is 30.1 Å². The SMILES string of the molecule is Cc1nc(C2CCN(C(=O)Cn3cccn3)C2)nc2c1CCC(=O)N2Cc1ccc(F)cc1. The van der Waals surface area contributed by atoms with E-state index < -0.39 is 0 Å². The lowest BCUT2D eigenvalue weighted by atomic mass is 10.0. The van der Waals surface area contributed by atoms with Crippen LogP contribution in [0.1, 0.15) is 41.4 Å². The highest BCUT2D eigenvalue weighted by Gasteiger charge is 2.33. The molecule has 1 unspecified atom stereocenters. The van der Waals surface area contributed by atoms with Gasteiger partial charge in [0, 0.05) is 49.1 Å². The first-order chi connectivity index (χ1) is 16.0. The van der Waals surface area contributed by atoms with Gasteiger partial charge in [0.1, 0.15) is 24.0 Å². The molecule has 33 heavy (non-hydrogen) atoms. The van der Waals surface area contributed by atoms with Crippen LogP contribution in [0.3, 0.4) is 0 Å². The molecule has 5 rings (SSSR count). The largest absolute Gasteiger partial charge is 0.340 e. The lowest BCUT2D eigenvalue weighted by molar-refractivity contribution is -0.131. The van der Waals surface area contributed by atoms with Crippen molar-refractivity contribution in [1.82, 2.24) is 24.6 Å². The number of hydrogen-bond donors (Lipinski definition) is 0. The molecule has 3 aromatic rings. The van der Waals surface area contributed by atoms with Crippen molar-refractivity contribution in [2.75, 3.05) is 18.0 Å². The third-order valence-corrected chi connectivity index (χ3v) is 6.37. The summed E-state index contributed by atoms with van der Waals surface area (Å²) in [7, 11) is 0. The first-order valence-electron chi connectivity index (χ1n) is 11.2. The number of benzene rings is 1. The number of carbonyl (C=O) groups excluding carboxylic acids is 2. The second kappa shape index (κ2) is 8.73. The van der Waals surface area contributed by atoms with Crippen LogP contribution in [0.2, 0.25) is 0 Å². The van der Waals surface area contributed by atoms with Crippen molar-refractivity contribution in [1.29, 1.82) is 0 Å². The second-order valence-corrected chi connectivity index (χ2v) is 8.60. The highest BCUT2D eigenvalue weighted by atomic mass is 19.1. The van der Waals surface area contributed by atoms with Gasteiger partial charge >= 0.3 is 0 Å². The fourth-order valence-corrected chi connectivity index (χ4v) is 4.55. The molecule has 0 radical (unpaired) electrons. The molecule has 1 fully saturated rings. The predicted molar refractivity (Wildman–Crippen MR) is 119 cm³/mol. The Labute approximate surface area is 191 Å². The van der Waals surface area contributed by atoms with E-state index in [1.54, 1.807) is 40.2 Å². The van der Waals surface area contributed by atoms with E-state index in [4.69, 9.17) is 9.97 Å². The number of anilines is 1. The lowest BCUT2D eigenvalue weighted by Crippen LogP contribution is -2.36. The van der Waals surface area contributed by atoms with Gasteiger partial charge in [-0.3, -0.25) is 19.2 Å². The first-order valence-corrected chi connectivity index (χ1v) is 11.2. The van der Waals surface area contributed by atoms with Crippen LogP contribution < -0.4 is 4.90 Å². The number of amides is 2. The molecular weight excluding hydrogens is 423 g/mol. The maximum atomic E-state index is 13.3. The molecule has 0 N–H and O–H groups in total. The summed E-state index contributed by atoms with van der Waals surface area (Å²) in [4.78, 5) is 38.6. The molecule has 0 bridgehead atoms. The van der Waals surface area contributed by atoms with Crippen molar-refractivity contribution < 1.29 is 14.0 Å². The Bertz CT molecular complexity index is 1180. The van der Waals surface area contributed by atoms with Gasteiger partial charge in [-0.15, -0.1) is 0 Å². The minimum atomic E-state index is -0.308. The second-order valence-electron chi connectivity index (χ2n) is 8.60. The molecule has 8 nitrogen and oxygen atoms in total. The maximum absolute atomic E-state index is 13.3. The Balaban J connectivity index is 1.37. The highest BCUT2D eigenvalue weighted by Crippen LogP contribution is 2.33. The van der Waals surface area contributed by atoms with Gasteiger partial charge in [-0.1, -0.05) is 12.1 Å². The number of nitrogens with zero attached hydrogens (tertiary/aromatic N) is 6. The van der Waals surface area contributed by atoms with E-state index >= 15 is 0 Å². The Morgan fingerprint density at radius 2 is 2.00 bits per heavy atom. The summed E-state index contributed by atoms with van der Waals surface area (Å²) in [5.41, 5.74) is 2.68. The molecule has 0 aliphatic carbocycles. The van der Waals surface area contributed by atoms with Crippen LogP contribution in [0.15, 0.2) is 42.7 Å². The molecule has 4 heterocycles. The Morgan fingerprint density at radius 3 is 2.76 bits per heavy atom. The van der Waals surface area contributed by atoms with Crippen LogP contribution in [-0.4, -0.2) is 49.6 Å². The molecule has 1 atom stereocenters. The standard InChI is InChI=1S/C24H25FN6O2/c1-16-20-7-8-21(32)31(13-17-3-5-19(25)6-4-17)24(20)28-23(27-16)18-9-12-29(14-18)22(33)15-30-11-2-10-26-30/h2-6,10-11,18H,7-9,12-15H2,1H3. The summed E-state index contributed by atoms with van der Waals surface area (Å²) in [6.45, 7) is 3.68. The molecule has 2 aliphatic rings. The third kappa shape index (κ3) is 4.35. The smallest absolute Gasteiger partial charge is 0.244 e. The van der Waals surface area contributed by atoms with Crippen molar-refractivity contribution in [3.8, 4) is 0 Å². The zero-order chi connectivity index (χ0) is 22.9. The Kier molecular flexibility index (Phi) is 5.62. The zero-order valence-electron chi connectivity index (χ0n) is 18.4. The average molecular weight is 449 g/mol. The molecule has 0 saturated carbocycles. The van der Waals surface area contributed by atoms with E-state index in [1.165, 1.54) is 12.1 Å². The average Bonchev–Trinajstić information content (AvgIpc) is 3.49. The zero-order valence-corrected chi connectivity index (χ0v) is 18.4. The molecule has 2 aliphatic heterocycles. The van der Waals surface area contributed by atoms with Gasteiger partial charge in [-0.05, 0) is 43.5 Å². The number of aryl methyl sites for hydroxylation is 1. The molecule has 1 aromatic carbocycles. The first kappa shape index (κ1) is 21.2. The van der Waals surface area contributed by atoms with E-state index in [1.807, 2.05) is 11.8 Å². The highest BCUT2D eigenvalue weighted by molar-refractivity contribution is 5.95. The van der Waals surface area contributed by atoms with E-state index in [2.05, 4.69) is 5.10 Å². The quantitative estimate of drug-likeness (QED) is 0.599. The Morgan fingerprint density at radius 1 is 1.18 bits per heavy atom. The van der Waals surface area contributed by atoms with Crippen LogP contribution >= 0.6 is 0 Å². The number of carbonyl (C=O) groups is 2. The monoisotopic (exact) mass is 448 g/mol. The van der Waals surface area contributed by atoms with Crippen LogP contribution in [0.5, 0.6) is 0 Å². The topological polar surface area (TPSA) is 84.2 Å². The molecule has 170 valence electrons. The van der Waals surface area contributed by atoms with Crippen LogP contribution in [-0.2, 0) is 29.1 Å². The summed E-state index contributed by atoms with van der Waals surface area (Å²) in [6.07, 6.45) is 5.21. The summed E-state index contributed by atoms with van der Waals surface area (Å²) >= 11 is 0. The predicted octanol–water partition coefficient (Wildman–Crippen LogP) is 2.62. The number of halogens is 1. The number of likely N-dealkylation sites (tertiary alicyclic amines) is 1. The van der Waals surface area contributed by atoms with Gasteiger partial charge in [0.25, 0.3) is 0 Å². The summed E-state index contributed by atoms with van der Waals surface area (Å²) in [6, 6.07) is 7.96. The Hall–Kier alpha value is -3.62. The van der Waals surface area contributed by atoms with Crippen molar-refractivity contribution in [2.45, 2.75) is 45.2 Å². The van der Waals surface area contributed by atoms with Gasteiger partial charge in [-0.2, -0.15) is 5.10 Å². The minimum Gasteiger partial charge on any atom is -0.340 e. The van der Waals surface area contributed by atoms with Gasteiger partial charge < -0.3 is 4.90 Å². The number of aromatic nitrogens is 4. The number of rotatable bonds is 5. The van der Waals surface area contributed by atoms with Crippen molar-refractivity contribution in [3.63, 3.8) is 0 Å². The fourth-order valence-electron chi connectivity index (χ4n) is 4.55. The maximum Gasteiger partial charge on any atom is 0.244 e. The van der Waals surface area contributed by atoms with Crippen LogP contribution in [0.25, 0.3) is 0 Å². The van der Waals surface area contributed by atoms with E-state index in [0.29, 0.717) is 44.1 Å². The third-order valence-electron chi connectivity index (χ3n) is 6.37. The van der Waals surface area contributed by atoms with Crippen LogP contribution in [0, 0.1) is 12.7 Å². The number of fused-ring (bicyclic) bond motifs is 1. The molecule has 2 aromatic heterocycles. The van der Waals surface area contributed by atoms with E-state index in [0.717, 1.165) is 23.2 Å². The van der Waals surface area contributed by atoms with Crippen molar-refractivity contribution in [3.05, 3.63) is 71.2 Å². The summed E-state index contributed by atoms with van der Waals surface area (Å²) < 4.78 is 14.9. The minimum absolute atomic E-state index is 0.00155. The van der Waals surface area contributed by atoms with Crippen molar-refractivity contribution in [2.24, 2.45) is 0 Å². The van der Waals surface area contributed by atoms with Crippen LogP contribution in [0.4, 0.5) is 10.2 Å². The summed E-state index contributed by atoms with van der Waals surface area (Å²) in [5.74, 6) is 1.03. The molecule has 2 amide bonds. The fraction of sp³-hybridized carbons (Fsp3) is 0.375. The van der Waals surface area contributed by atoms with Gasteiger partial charge in [0.15, 0.2) is 0 Å². The van der Waals surface area contributed by atoms with Crippen molar-refractivity contribution >= 4 is 17.6 Å². The molecular formula is C24H25FN6O2. The lowest BCUT2D eigenvalue weighted by Gasteiger charge is -2.30. The van der Waals surface area contributed by atoms with Gasteiger partial charge in [-0.25, -0.2) is 14.4 Å². The van der Waals surface area contributed by atoms with E-state index in [9.17, 15) is 14.0 Å².